The molecule has 7 nitrogen and oxygen atoms in total. The molecule has 1 aliphatic rings. The summed E-state index contributed by atoms with van der Waals surface area (Å²) in [6, 6.07) is 5.01. The minimum atomic E-state index is -3.33. The highest BCUT2D eigenvalue weighted by molar-refractivity contribution is 7.00. The van der Waals surface area contributed by atoms with Crippen LogP contribution in [-0.4, -0.2) is 59.9 Å². The Morgan fingerprint density at radius 3 is 0.429 bits per heavy atom. The molecule has 1 saturated heterocycles. The zero-order valence-corrected chi connectivity index (χ0v) is 44.2. The van der Waals surface area contributed by atoms with Gasteiger partial charge in [-0.05, 0) is 42.3 Å². The number of hydrogen-bond donors (Lipinski definition) is 0. The first-order valence-corrected chi connectivity index (χ1v) is 36.9. The Kier molecular flexibility index (Phi) is 25.4. The van der Waals surface area contributed by atoms with E-state index in [4.69, 9.17) is 28.8 Å². The summed E-state index contributed by atoms with van der Waals surface area (Å²) in [5.74, 6) is 0. The van der Waals surface area contributed by atoms with Crippen LogP contribution in [0.1, 0.15) is 138 Å². The maximum absolute atomic E-state index is 7.73. The Morgan fingerprint density at radius 2 is 0.357 bits per heavy atom. The summed E-state index contributed by atoms with van der Waals surface area (Å²) in [6.45, 7) is 46.9. The summed E-state index contributed by atoms with van der Waals surface area (Å²) in [7, 11) is -23.3. The molecule has 0 atom stereocenters. The molecule has 0 aromatic rings. The van der Waals surface area contributed by atoms with Crippen molar-refractivity contribution in [1.82, 2.24) is 0 Å². The molecule has 0 aliphatic carbocycles. The van der Waals surface area contributed by atoms with Crippen LogP contribution in [0.3, 0.4) is 0 Å². The van der Waals surface area contributed by atoms with Gasteiger partial charge >= 0.3 is 59.9 Å². The zero-order valence-electron chi connectivity index (χ0n) is 37.2. The van der Waals surface area contributed by atoms with E-state index >= 15 is 0 Å². The second-order valence-corrected chi connectivity index (χ2v) is 39.0. The molecule has 0 spiro atoms. The van der Waals surface area contributed by atoms with Gasteiger partial charge in [-0.1, -0.05) is 178 Å². The topological polar surface area (TPSA) is 64.6 Å². The molecule has 0 amide bonds. The molecule has 14 heteroatoms. The molecule has 0 N–H and O–H groups in total. The lowest BCUT2D eigenvalue weighted by atomic mass is 10.4. The van der Waals surface area contributed by atoms with E-state index in [9.17, 15) is 0 Å². The highest BCUT2D eigenvalue weighted by atomic mass is 28.5. The fourth-order valence-electron chi connectivity index (χ4n) is 7.17. The summed E-state index contributed by atoms with van der Waals surface area (Å²) in [4.78, 5) is 0. The molecule has 1 rings (SSSR count). The van der Waals surface area contributed by atoms with Gasteiger partial charge < -0.3 is 28.8 Å². The van der Waals surface area contributed by atoms with Crippen LogP contribution in [-0.2, 0) is 28.8 Å². The Balaban J connectivity index is 4.71. The molecule has 0 bridgehead atoms. The molecular weight excluding hydrogens is 813 g/mol. The lowest BCUT2D eigenvalue weighted by Crippen LogP contribution is -2.68. The zero-order chi connectivity index (χ0) is 42.2. The minimum absolute atomic E-state index is 0.715. The van der Waals surface area contributed by atoms with Crippen molar-refractivity contribution in [3.63, 3.8) is 0 Å². The maximum Gasteiger partial charge on any atom is 0.347 e. The van der Waals surface area contributed by atoms with Gasteiger partial charge in [0.15, 0.2) is 0 Å². The molecule has 1 aliphatic heterocycles. The van der Waals surface area contributed by atoms with Crippen molar-refractivity contribution in [3.8, 4) is 0 Å². The smallest absolute Gasteiger partial charge is 0.347 e. The summed E-state index contributed by atoms with van der Waals surface area (Å²) in [5, 5.41) is 0. The van der Waals surface area contributed by atoms with E-state index in [2.05, 4.69) is 94.5 Å². The summed E-state index contributed by atoms with van der Waals surface area (Å²) >= 11 is 0. The molecule has 0 aromatic heterocycles. The van der Waals surface area contributed by atoms with Crippen LogP contribution in [0.4, 0.5) is 0 Å². The van der Waals surface area contributed by atoms with E-state index < -0.39 is 59.9 Å². The van der Waals surface area contributed by atoms with Crippen molar-refractivity contribution < 1.29 is 28.8 Å². The predicted molar refractivity (Wildman–Crippen MR) is 257 cm³/mol. The van der Waals surface area contributed by atoms with Gasteiger partial charge in [0, 0.05) is 0 Å². The average molecular weight is 898 g/mol. The third kappa shape index (κ3) is 15.5. The summed E-state index contributed by atoms with van der Waals surface area (Å²) in [5.41, 5.74) is 13.9. The molecular formula is C42H84O7Si7. The Bertz CT molecular complexity index is 946. The van der Waals surface area contributed by atoms with E-state index in [1.165, 1.54) is 0 Å². The van der Waals surface area contributed by atoms with Crippen molar-refractivity contribution in [1.29, 1.82) is 0 Å². The first kappa shape index (κ1) is 53.4. The second-order valence-electron chi connectivity index (χ2n) is 15.6. The van der Waals surface area contributed by atoms with Crippen molar-refractivity contribution in [2.24, 2.45) is 0 Å². The third-order valence-corrected chi connectivity index (χ3v) is 41.8. The van der Waals surface area contributed by atoms with Crippen LogP contribution in [0, 0.1) is 0 Å². The molecule has 0 aromatic carbocycles. The van der Waals surface area contributed by atoms with Crippen molar-refractivity contribution >= 4 is 59.9 Å². The normalized spacial score (nSPS) is 33.1. The fourth-order valence-corrected chi connectivity index (χ4v) is 45.1. The second kappa shape index (κ2) is 26.6. The van der Waals surface area contributed by atoms with Crippen LogP contribution in [0.15, 0.2) is 85.9 Å². The van der Waals surface area contributed by atoms with E-state index in [0.29, 0.717) is 42.3 Å². The van der Waals surface area contributed by atoms with E-state index in [1.807, 2.05) is 39.9 Å². The van der Waals surface area contributed by atoms with Crippen LogP contribution < -0.4 is 0 Å². The highest BCUT2D eigenvalue weighted by Gasteiger charge is 2.60. The first-order chi connectivity index (χ1) is 26.8. The van der Waals surface area contributed by atoms with Crippen molar-refractivity contribution in [2.45, 2.75) is 181 Å². The largest absolute Gasteiger partial charge is 0.409 e. The van der Waals surface area contributed by atoms with Gasteiger partial charge in [0.2, 0.25) is 0 Å². The van der Waals surface area contributed by atoms with Crippen LogP contribution in [0.2, 0.25) is 42.3 Å². The monoisotopic (exact) mass is 896 g/mol. The minimum Gasteiger partial charge on any atom is -0.409 e. The highest BCUT2D eigenvalue weighted by Crippen LogP contribution is 2.42. The third-order valence-electron chi connectivity index (χ3n) is 10.7. The van der Waals surface area contributed by atoms with Gasteiger partial charge in [0.25, 0.3) is 0 Å². The van der Waals surface area contributed by atoms with Crippen LogP contribution >= 0.6 is 0 Å². The number of rotatable bonds is 28. The Morgan fingerprint density at radius 1 is 0.250 bits per heavy atom. The summed E-state index contributed by atoms with van der Waals surface area (Å²) in [6.07, 6.45) is 13.3. The van der Waals surface area contributed by atoms with Crippen molar-refractivity contribution in [2.75, 3.05) is 0 Å². The van der Waals surface area contributed by atoms with Gasteiger partial charge in [-0.2, -0.15) is 0 Å². The molecule has 56 heavy (non-hydrogen) atoms. The molecule has 1 fully saturated rings. The van der Waals surface area contributed by atoms with E-state index in [-0.39, 0.29) is 0 Å². The van der Waals surface area contributed by atoms with Gasteiger partial charge in [-0.3, -0.25) is 0 Å². The quantitative estimate of drug-likeness (QED) is 0.0725. The molecule has 322 valence electrons. The predicted octanol–water partition coefficient (Wildman–Crippen LogP) is 13.9. The van der Waals surface area contributed by atoms with Gasteiger partial charge in [-0.15, -0.1) is 46.1 Å². The molecule has 0 unspecified atom stereocenters. The van der Waals surface area contributed by atoms with Crippen LogP contribution in [0.5, 0.6) is 0 Å². The fraction of sp³-hybridized carbons (Fsp3) is 0.667. The van der Waals surface area contributed by atoms with Gasteiger partial charge in [0.1, 0.15) is 0 Å². The maximum atomic E-state index is 7.73. The number of unbranched alkanes of at least 4 members (excludes halogenated alkanes) is 7. The number of hydrogen-bond acceptors (Lipinski definition) is 7. The average Bonchev–Trinajstić information content (AvgIpc) is 3.22. The van der Waals surface area contributed by atoms with Gasteiger partial charge in [0.05, 0.1) is 0 Å². The van der Waals surface area contributed by atoms with E-state index in [0.717, 1.165) is 89.9 Å². The first-order valence-electron chi connectivity index (χ1n) is 22.2. The van der Waals surface area contributed by atoms with Crippen LogP contribution in [0.25, 0.3) is 0 Å². The van der Waals surface area contributed by atoms with E-state index in [1.54, 1.807) is 0 Å². The SMILES string of the molecule is C=C[Si]1(CCCC)O[Si](C=C)(CCCC)O[Si](C=C)(CCCC)O[Si](C=C)(CCCC)O[Si](C=C)(CCCC)O[Si](C=C)(CCCC)O[Si](C=C)(CCCC)O1. The standard InChI is InChI=1S/C42H84O7Si7/c1-15-29-36-50(22-8)43-51(23-9,37-30-16-2)45-53(25-11,39-32-18-4)47-55(27-13,41-34-20-6)49-56(28-14,42-35-21-7)48-54(26-12,40-33-19-5)46-52(24-10,44-50)38-31-17-3/h22-28H,8-21,29-42H2,1-7H3. The van der Waals surface area contributed by atoms with Crippen molar-refractivity contribution in [3.05, 3.63) is 85.9 Å². The van der Waals surface area contributed by atoms with Gasteiger partial charge in [-0.25, -0.2) is 0 Å². The lowest BCUT2D eigenvalue weighted by molar-refractivity contribution is 0.234. The molecule has 0 radical (unpaired) electrons. The Labute approximate surface area is 353 Å². The molecule has 0 saturated carbocycles. The lowest BCUT2D eigenvalue weighted by Gasteiger charge is -2.50. The Hall–Kier alpha value is -0.582. The summed E-state index contributed by atoms with van der Waals surface area (Å²) < 4.78 is 54.1. The molecule has 1 heterocycles.